The highest BCUT2D eigenvalue weighted by Crippen LogP contribution is 2.26. The summed E-state index contributed by atoms with van der Waals surface area (Å²) in [4.78, 5) is 12.0. The lowest BCUT2D eigenvalue weighted by molar-refractivity contribution is -0.116. The van der Waals surface area contributed by atoms with Crippen molar-refractivity contribution in [2.24, 2.45) is 0 Å². The van der Waals surface area contributed by atoms with Crippen LogP contribution in [0.2, 0.25) is 0 Å². The van der Waals surface area contributed by atoms with Crippen LogP contribution in [0.15, 0.2) is 28.6 Å². The second-order valence-electron chi connectivity index (χ2n) is 5.66. The first-order valence-electron chi connectivity index (χ1n) is 8.29. The first-order chi connectivity index (χ1) is 12.8. The molecular weight excluding hydrogens is 411 g/mol. The Morgan fingerprint density at radius 2 is 2.07 bits per heavy atom. The highest BCUT2D eigenvalue weighted by Gasteiger charge is 2.20. The SMILES string of the molecule is CCCSc1nnc(NC(=O)CCCN(c2ccccc2F)S(C)(=O)=O)s1. The molecular formula is C16H21FN4O3S3. The molecule has 0 spiro atoms. The van der Waals surface area contributed by atoms with Crippen molar-refractivity contribution < 1.29 is 17.6 Å². The number of nitrogens with one attached hydrogen (secondary N) is 1. The topological polar surface area (TPSA) is 92.3 Å². The molecule has 1 amide bonds. The van der Waals surface area contributed by atoms with Gasteiger partial charge in [0.2, 0.25) is 21.1 Å². The third-order valence-electron chi connectivity index (χ3n) is 3.37. The molecule has 1 aromatic heterocycles. The summed E-state index contributed by atoms with van der Waals surface area (Å²) >= 11 is 2.87. The number of benzene rings is 1. The van der Waals surface area contributed by atoms with Crippen LogP contribution in [0.3, 0.4) is 0 Å². The molecule has 2 rings (SSSR count). The van der Waals surface area contributed by atoms with E-state index in [1.165, 1.54) is 29.5 Å². The maximum absolute atomic E-state index is 13.9. The van der Waals surface area contributed by atoms with Crippen molar-refractivity contribution in [1.82, 2.24) is 10.2 Å². The fourth-order valence-corrected chi connectivity index (χ4v) is 4.85. The molecule has 0 aliphatic heterocycles. The average molecular weight is 433 g/mol. The van der Waals surface area contributed by atoms with Gasteiger partial charge >= 0.3 is 0 Å². The summed E-state index contributed by atoms with van der Waals surface area (Å²) in [5.74, 6) is 0.0125. The minimum Gasteiger partial charge on any atom is -0.301 e. The molecule has 0 fully saturated rings. The normalized spacial score (nSPS) is 11.4. The lowest BCUT2D eigenvalue weighted by Crippen LogP contribution is -2.32. The molecule has 1 heterocycles. The number of carbonyl (C=O) groups is 1. The molecule has 0 radical (unpaired) electrons. The molecule has 27 heavy (non-hydrogen) atoms. The lowest BCUT2D eigenvalue weighted by atomic mass is 10.2. The number of para-hydroxylation sites is 1. The van der Waals surface area contributed by atoms with Gasteiger partial charge in [-0.3, -0.25) is 9.10 Å². The number of anilines is 2. The molecule has 0 saturated heterocycles. The Labute approximate surface area is 166 Å². The van der Waals surface area contributed by atoms with E-state index in [1.807, 2.05) is 0 Å². The van der Waals surface area contributed by atoms with Crippen molar-refractivity contribution in [3.63, 3.8) is 0 Å². The van der Waals surface area contributed by atoms with Crippen molar-refractivity contribution in [2.45, 2.75) is 30.5 Å². The Hall–Kier alpha value is -1.72. The molecule has 1 N–H and O–H groups in total. The monoisotopic (exact) mass is 432 g/mol. The van der Waals surface area contributed by atoms with Crippen molar-refractivity contribution in [2.75, 3.05) is 28.2 Å². The first-order valence-corrected chi connectivity index (χ1v) is 11.9. The van der Waals surface area contributed by atoms with Crippen molar-refractivity contribution >= 4 is 49.8 Å². The number of hydrogen-bond donors (Lipinski definition) is 1. The van der Waals surface area contributed by atoms with E-state index in [9.17, 15) is 17.6 Å². The fourth-order valence-electron chi connectivity index (χ4n) is 2.19. The largest absolute Gasteiger partial charge is 0.301 e. The Morgan fingerprint density at radius 1 is 1.33 bits per heavy atom. The Balaban J connectivity index is 1.90. The minimum absolute atomic E-state index is 0.000900. The Kier molecular flexibility index (Phi) is 7.99. The highest BCUT2D eigenvalue weighted by atomic mass is 32.2. The number of hydrogen-bond acceptors (Lipinski definition) is 7. The molecule has 0 aliphatic carbocycles. The van der Waals surface area contributed by atoms with Gasteiger partial charge in [-0.05, 0) is 25.0 Å². The number of nitrogens with zero attached hydrogens (tertiary/aromatic N) is 3. The highest BCUT2D eigenvalue weighted by molar-refractivity contribution is 8.01. The van der Waals surface area contributed by atoms with E-state index in [2.05, 4.69) is 22.4 Å². The molecule has 1 aromatic carbocycles. The molecule has 11 heteroatoms. The standard InChI is InChI=1S/C16H21FN4O3S3/c1-3-11-25-16-20-19-15(26-16)18-14(22)9-6-10-21(27(2,23)24)13-8-5-4-7-12(13)17/h4-5,7-8H,3,6,9-11H2,1-2H3,(H,18,19,22). The number of halogens is 1. The van der Waals surface area contributed by atoms with E-state index in [4.69, 9.17) is 0 Å². The van der Waals surface area contributed by atoms with Gasteiger partial charge in [0.1, 0.15) is 5.82 Å². The second kappa shape index (κ2) is 10.00. The Morgan fingerprint density at radius 3 is 2.74 bits per heavy atom. The van der Waals surface area contributed by atoms with Gasteiger partial charge in [0.25, 0.3) is 0 Å². The second-order valence-corrected chi connectivity index (χ2v) is 9.89. The molecule has 0 atom stereocenters. The van der Waals surface area contributed by atoms with E-state index < -0.39 is 15.8 Å². The smallest absolute Gasteiger partial charge is 0.232 e. The maximum atomic E-state index is 13.9. The van der Waals surface area contributed by atoms with E-state index in [-0.39, 0.29) is 31.0 Å². The zero-order valence-electron chi connectivity index (χ0n) is 15.0. The minimum atomic E-state index is -3.66. The van der Waals surface area contributed by atoms with Gasteiger partial charge in [-0.2, -0.15) is 0 Å². The zero-order chi connectivity index (χ0) is 19.9. The molecule has 148 valence electrons. The summed E-state index contributed by atoms with van der Waals surface area (Å²) in [6, 6.07) is 5.64. The van der Waals surface area contributed by atoms with Gasteiger partial charge in [-0.25, -0.2) is 12.8 Å². The van der Waals surface area contributed by atoms with Gasteiger partial charge in [0, 0.05) is 18.7 Å². The third-order valence-corrected chi connectivity index (χ3v) is 6.73. The predicted molar refractivity (Wildman–Crippen MR) is 107 cm³/mol. The van der Waals surface area contributed by atoms with Gasteiger partial charge in [0.05, 0.1) is 11.9 Å². The predicted octanol–water partition coefficient (Wildman–Crippen LogP) is 3.36. The van der Waals surface area contributed by atoms with Crippen molar-refractivity contribution in [3.05, 3.63) is 30.1 Å². The summed E-state index contributed by atoms with van der Waals surface area (Å²) < 4.78 is 39.7. The van der Waals surface area contributed by atoms with Crippen LogP contribution in [0.25, 0.3) is 0 Å². The van der Waals surface area contributed by atoms with E-state index in [0.29, 0.717) is 5.13 Å². The maximum Gasteiger partial charge on any atom is 0.232 e. The van der Waals surface area contributed by atoms with Crippen LogP contribution in [0.4, 0.5) is 15.2 Å². The van der Waals surface area contributed by atoms with Crippen molar-refractivity contribution in [1.29, 1.82) is 0 Å². The number of aromatic nitrogens is 2. The Bertz CT molecular complexity index is 873. The summed E-state index contributed by atoms with van der Waals surface area (Å²) in [7, 11) is -3.66. The number of thioether (sulfide) groups is 1. The summed E-state index contributed by atoms with van der Waals surface area (Å²) in [6.07, 6.45) is 2.35. The van der Waals surface area contributed by atoms with Crippen molar-refractivity contribution in [3.8, 4) is 0 Å². The zero-order valence-corrected chi connectivity index (χ0v) is 17.5. The molecule has 0 aliphatic rings. The number of sulfonamides is 1. The molecule has 2 aromatic rings. The number of amides is 1. The van der Waals surface area contributed by atoms with Crippen LogP contribution in [0, 0.1) is 5.82 Å². The molecule has 7 nitrogen and oxygen atoms in total. The van der Waals surface area contributed by atoms with Crippen LogP contribution < -0.4 is 9.62 Å². The molecule has 0 saturated carbocycles. The van der Waals surface area contributed by atoms with Crippen LogP contribution in [-0.4, -0.2) is 43.1 Å². The summed E-state index contributed by atoms with van der Waals surface area (Å²) in [6.45, 7) is 2.07. The van der Waals surface area contributed by atoms with Crippen LogP contribution in [-0.2, 0) is 14.8 Å². The molecule has 0 unspecified atom stereocenters. The van der Waals surface area contributed by atoms with Crippen LogP contribution >= 0.6 is 23.1 Å². The summed E-state index contributed by atoms with van der Waals surface area (Å²) in [5.41, 5.74) is -0.0258. The van der Waals surface area contributed by atoms with Crippen LogP contribution in [0.1, 0.15) is 26.2 Å². The van der Waals surface area contributed by atoms with E-state index in [0.717, 1.165) is 27.1 Å². The van der Waals surface area contributed by atoms with Gasteiger partial charge in [-0.15, -0.1) is 10.2 Å². The number of carbonyl (C=O) groups excluding carboxylic acids is 1. The third kappa shape index (κ3) is 6.74. The van der Waals surface area contributed by atoms with Gasteiger partial charge in [0.15, 0.2) is 4.34 Å². The lowest BCUT2D eigenvalue weighted by Gasteiger charge is -2.22. The molecule has 0 bridgehead atoms. The van der Waals surface area contributed by atoms with Gasteiger partial charge < -0.3 is 5.32 Å². The fraction of sp³-hybridized carbons (Fsp3) is 0.438. The average Bonchev–Trinajstić information content (AvgIpc) is 3.04. The van der Waals surface area contributed by atoms with Gasteiger partial charge in [-0.1, -0.05) is 42.2 Å². The number of rotatable bonds is 10. The summed E-state index contributed by atoms with van der Waals surface area (Å²) in [5, 5.41) is 11.0. The van der Waals surface area contributed by atoms with Crippen LogP contribution in [0.5, 0.6) is 0 Å². The first kappa shape index (κ1) is 21.6. The van der Waals surface area contributed by atoms with E-state index in [1.54, 1.807) is 17.8 Å². The quantitative estimate of drug-likeness (QED) is 0.457. The van der Waals surface area contributed by atoms with E-state index >= 15 is 0 Å².